The third-order valence-corrected chi connectivity index (χ3v) is 5.77. The molecule has 3 aromatic rings. The van der Waals surface area contributed by atoms with Gasteiger partial charge in [-0.05, 0) is 36.2 Å². The van der Waals surface area contributed by atoms with Crippen molar-refractivity contribution in [3.63, 3.8) is 0 Å². The van der Waals surface area contributed by atoms with E-state index in [4.69, 9.17) is 21.1 Å². The number of halogens is 1. The van der Waals surface area contributed by atoms with Gasteiger partial charge in [-0.25, -0.2) is 0 Å². The highest BCUT2D eigenvalue weighted by Crippen LogP contribution is 2.37. The van der Waals surface area contributed by atoms with Gasteiger partial charge >= 0.3 is 0 Å². The summed E-state index contributed by atoms with van der Waals surface area (Å²) in [4.78, 5) is 2.49. The van der Waals surface area contributed by atoms with Crippen molar-refractivity contribution in [1.29, 1.82) is 0 Å². The molecule has 0 aliphatic carbocycles. The first-order valence-corrected chi connectivity index (χ1v) is 9.93. The topological polar surface area (TPSA) is 26.6 Å². The van der Waals surface area contributed by atoms with Crippen molar-refractivity contribution in [2.75, 3.05) is 20.8 Å². The Bertz CT molecular complexity index is 953. The summed E-state index contributed by atoms with van der Waals surface area (Å²) < 4.78 is 13.3. The van der Waals surface area contributed by atoms with Crippen molar-refractivity contribution in [2.24, 2.45) is 0 Å². The molecule has 5 heteroatoms. The predicted molar refractivity (Wildman–Crippen MR) is 112 cm³/mol. The van der Waals surface area contributed by atoms with Gasteiger partial charge in [-0.1, -0.05) is 35.9 Å². The zero-order valence-electron chi connectivity index (χ0n) is 16.3. The molecule has 28 heavy (non-hydrogen) atoms. The Morgan fingerprint density at radius 1 is 1.00 bits per heavy atom. The SMILES string of the molecule is COc1ccc(CN2CCCn3cccc3C2c2ccccc2Cl)c(OC)c1. The number of ether oxygens (including phenoxy) is 2. The lowest BCUT2D eigenvalue weighted by Crippen LogP contribution is -2.30. The molecule has 4 nitrogen and oxygen atoms in total. The van der Waals surface area contributed by atoms with Gasteiger partial charge in [-0.15, -0.1) is 0 Å². The van der Waals surface area contributed by atoms with E-state index >= 15 is 0 Å². The summed E-state index contributed by atoms with van der Waals surface area (Å²) in [5, 5.41) is 0.800. The van der Waals surface area contributed by atoms with Gasteiger partial charge in [0.2, 0.25) is 0 Å². The van der Waals surface area contributed by atoms with Crippen LogP contribution < -0.4 is 9.47 Å². The Labute approximate surface area is 171 Å². The number of fused-ring (bicyclic) bond motifs is 1. The minimum Gasteiger partial charge on any atom is -0.497 e. The van der Waals surface area contributed by atoms with Crippen LogP contribution in [0.5, 0.6) is 11.5 Å². The van der Waals surface area contributed by atoms with Gasteiger partial charge in [0.15, 0.2) is 0 Å². The van der Waals surface area contributed by atoms with Gasteiger partial charge in [-0.2, -0.15) is 0 Å². The molecule has 1 aliphatic rings. The van der Waals surface area contributed by atoms with E-state index in [9.17, 15) is 0 Å². The van der Waals surface area contributed by atoms with Crippen LogP contribution in [0.2, 0.25) is 5.02 Å². The van der Waals surface area contributed by atoms with Gasteiger partial charge in [0, 0.05) is 48.2 Å². The molecule has 4 rings (SSSR count). The van der Waals surface area contributed by atoms with Crippen LogP contribution >= 0.6 is 11.6 Å². The number of nitrogens with zero attached hydrogens (tertiary/aromatic N) is 2. The summed E-state index contributed by atoms with van der Waals surface area (Å²) in [5.41, 5.74) is 3.55. The van der Waals surface area contributed by atoms with E-state index in [2.05, 4.69) is 46.0 Å². The van der Waals surface area contributed by atoms with Gasteiger partial charge in [0.05, 0.1) is 20.3 Å². The van der Waals surface area contributed by atoms with Crippen molar-refractivity contribution < 1.29 is 9.47 Å². The van der Waals surface area contributed by atoms with Crippen molar-refractivity contribution >= 4 is 11.6 Å². The van der Waals surface area contributed by atoms with Crippen LogP contribution in [0.25, 0.3) is 0 Å². The van der Waals surface area contributed by atoms with Crippen LogP contribution in [0.3, 0.4) is 0 Å². The van der Waals surface area contributed by atoms with E-state index in [1.54, 1.807) is 14.2 Å². The third kappa shape index (κ3) is 3.62. The average Bonchev–Trinajstić information content (AvgIpc) is 3.11. The standard InChI is InChI=1S/C23H25ClN2O2/c1-27-18-11-10-17(22(15-18)28-2)16-26-14-6-13-25-12-5-9-21(25)23(26)19-7-3-4-8-20(19)24/h3-5,7-12,15,23H,6,13-14,16H2,1-2H3. The number of hydrogen-bond acceptors (Lipinski definition) is 3. The van der Waals surface area contributed by atoms with Crippen molar-refractivity contribution in [3.8, 4) is 11.5 Å². The number of aryl methyl sites for hydroxylation is 1. The molecule has 1 atom stereocenters. The Morgan fingerprint density at radius 3 is 2.64 bits per heavy atom. The van der Waals surface area contributed by atoms with Gasteiger partial charge in [0.25, 0.3) is 0 Å². The maximum atomic E-state index is 6.63. The summed E-state index contributed by atoms with van der Waals surface area (Å²) in [6.07, 6.45) is 3.25. The zero-order valence-corrected chi connectivity index (χ0v) is 17.0. The van der Waals surface area contributed by atoms with Crippen LogP contribution in [0.4, 0.5) is 0 Å². The summed E-state index contributed by atoms with van der Waals surface area (Å²) in [5.74, 6) is 1.64. The Kier molecular flexibility index (Phi) is 5.60. The first-order valence-electron chi connectivity index (χ1n) is 9.55. The lowest BCUT2D eigenvalue weighted by Gasteiger charge is -2.31. The van der Waals surface area contributed by atoms with E-state index in [1.807, 2.05) is 24.3 Å². The van der Waals surface area contributed by atoms with Crippen molar-refractivity contribution in [1.82, 2.24) is 9.47 Å². The van der Waals surface area contributed by atoms with Crippen LogP contribution in [-0.4, -0.2) is 30.2 Å². The molecule has 2 aromatic carbocycles. The summed E-state index contributed by atoms with van der Waals surface area (Å²) >= 11 is 6.63. The summed E-state index contributed by atoms with van der Waals surface area (Å²) in [6.45, 7) is 2.76. The maximum Gasteiger partial charge on any atom is 0.127 e. The number of methoxy groups -OCH3 is 2. The minimum absolute atomic E-state index is 0.0954. The Hall–Kier alpha value is -2.43. The number of aromatic nitrogens is 1. The molecule has 0 saturated carbocycles. The lowest BCUT2D eigenvalue weighted by atomic mass is 10.0. The van der Waals surface area contributed by atoms with E-state index in [-0.39, 0.29) is 6.04 Å². The first-order chi connectivity index (χ1) is 13.7. The van der Waals surface area contributed by atoms with Crippen molar-refractivity contribution in [2.45, 2.75) is 25.6 Å². The summed E-state index contributed by atoms with van der Waals surface area (Å²) in [7, 11) is 3.38. The maximum absolute atomic E-state index is 6.63. The number of hydrogen-bond donors (Lipinski definition) is 0. The molecule has 0 saturated heterocycles. The fourth-order valence-corrected chi connectivity index (χ4v) is 4.30. The fourth-order valence-electron chi connectivity index (χ4n) is 4.06. The van der Waals surface area contributed by atoms with E-state index in [0.717, 1.165) is 53.7 Å². The molecule has 0 amide bonds. The van der Waals surface area contributed by atoms with Gasteiger partial charge < -0.3 is 14.0 Å². The van der Waals surface area contributed by atoms with Gasteiger partial charge in [-0.3, -0.25) is 4.90 Å². The molecule has 1 aliphatic heterocycles. The summed E-state index contributed by atoms with van der Waals surface area (Å²) in [6, 6.07) is 18.6. The van der Waals surface area contributed by atoms with Crippen LogP contribution in [-0.2, 0) is 13.1 Å². The fraction of sp³-hybridized carbons (Fsp3) is 0.304. The van der Waals surface area contributed by atoms with Crippen LogP contribution in [0.1, 0.15) is 29.3 Å². The third-order valence-electron chi connectivity index (χ3n) is 5.42. The molecule has 0 spiro atoms. The van der Waals surface area contributed by atoms with Crippen molar-refractivity contribution in [3.05, 3.63) is 82.6 Å². The predicted octanol–water partition coefficient (Wildman–Crippen LogP) is 5.15. The smallest absolute Gasteiger partial charge is 0.127 e. The zero-order chi connectivity index (χ0) is 19.5. The molecule has 1 unspecified atom stereocenters. The van der Waals surface area contributed by atoms with E-state index < -0.39 is 0 Å². The Morgan fingerprint density at radius 2 is 1.86 bits per heavy atom. The molecular weight excluding hydrogens is 372 g/mol. The molecular formula is C23H25ClN2O2. The quantitative estimate of drug-likeness (QED) is 0.596. The first kappa shape index (κ1) is 18.9. The highest BCUT2D eigenvalue weighted by Gasteiger charge is 2.29. The molecule has 0 fully saturated rings. The largest absolute Gasteiger partial charge is 0.497 e. The molecule has 0 bridgehead atoms. The molecule has 1 aromatic heterocycles. The Balaban J connectivity index is 1.75. The highest BCUT2D eigenvalue weighted by atomic mass is 35.5. The van der Waals surface area contributed by atoms with E-state index in [0.29, 0.717) is 0 Å². The van der Waals surface area contributed by atoms with Crippen LogP contribution in [0, 0.1) is 0 Å². The second kappa shape index (κ2) is 8.29. The molecule has 0 radical (unpaired) electrons. The second-order valence-corrected chi connectivity index (χ2v) is 7.46. The monoisotopic (exact) mass is 396 g/mol. The van der Waals surface area contributed by atoms with Crippen LogP contribution in [0.15, 0.2) is 60.8 Å². The molecule has 2 heterocycles. The average molecular weight is 397 g/mol. The highest BCUT2D eigenvalue weighted by molar-refractivity contribution is 6.31. The van der Waals surface area contributed by atoms with Gasteiger partial charge in [0.1, 0.15) is 11.5 Å². The minimum atomic E-state index is 0.0954. The molecule has 146 valence electrons. The normalized spacial score (nSPS) is 17.0. The number of rotatable bonds is 5. The lowest BCUT2D eigenvalue weighted by molar-refractivity contribution is 0.217. The molecule has 0 N–H and O–H groups in total. The van der Waals surface area contributed by atoms with E-state index in [1.165, 1.54) is 5.69 Å². The number of benzene rings is 2. The second-order valence-electron chi connectivity index (χ2n) is 7.05.